The molecule has 0 heterocycles. The smallest absolute Gasteiger partial charge is 0.224 e. The molecule has 0 spiro atoms. The number of carbonyl (C=O) groups is 2. The van der Waals surface area contributed by atoms with Crippen LogP contribution in [0.15, 0.2) is 18.2 Å². The number of rotatable bonds is 4. The van der Waals surface area contributed by atoms with Crippen LogP contribution in [0.25, 0.3) is 0 Å². The van der Waals surface area contributed by atoms with Crippen molar-refractivity contribution in [3.05, 3.63) is 18.2 Å². The number of benzene rings is 1. The van der Waals surface area contributed by atoms with Crippen molar-refractivity contribution < 1.29 is 14.3 Å². The maximum atomic E-state index is 11.2. The average Bonchev–Trinajstić information content (AvgIpc) is 2.30. The normalized spacial score (nSPS) is 9.59. The molecular weight excluding hydrogens is 220 g/mol. The SMILES string of the molecule is CCC(=O)Nc1ccc(NC(C)=O)c(OC)c1. The van der Waals surface area contributed by atoms with E-state index in [9.17, 15) is 9.59 Å². The number of ether oxygens (including phenoxy) is 1. The van der Waals surface area contributed by atoms with Crippen LogP contribution >= 0.6 is 0 Å². The van der Waals surface area contributed by atoms with E-state index in [1.807, 2.05) is 0 Å². The van der Waals surface area contributed by atoms with Gasteiger partial charge in [-0.3, -0.25) is 9.59 Å². The topological polar surface area (TPSA) is 67.4 Å². The summed E-state index contributed by atoms with van der Waals surface area (Å²) in [5.74, 6) is 0.266. The maximum Gasteiger partial charge on any atom is 0.224 e. The molecule has 0 fully saturated rings. The van der Waals surface area contributed by atoms with Crippen molar-refractivity contribution in [3.8, 4) is 5.75 Å². The number of methoxy groups -OCH3 is 1. The van der Waals surface area contributed by atoms with Gasteiger partial charge in [0.1, 0.15) is 5.75 Å². The van der Waals surface area contributed by atoms with Crippen molar-refractivity contribution in [3.63, 3.8) is 0 Å². The highest BCUT2D eigenvalue weighted by Gasteiger charge is 2.07. The van der Waals surface area contributed by atoms with Gasteiger partial charge in [0.2, 0.25) is 11.8 Å². The number of anilines is 2. The van der Waals surface area contributed by atoms with Gasteiger partial charge in [0, 0.05) is 25.1 Å². The van der Waals surface area contributed by atoms with E-state index >= 15 is 0 Å². The zero-order chi connectivity index (χ0) is 12.8. The van der Waals surface area contributed by atoms with Crippen LogP contribution in [0.4, 0.5) is 11.4 Å². The molecule has 0 saturated heterocycles. The van der Waals surface area contributed by atoms with Gasteiger partial charge in [-0.2, -0.15) is 0 Å². The lowest BCUT2D eigenvalue weighted by Crippen LogP contribution is -2.11. The summed E-state index contributed by atoms with van der Waals surface area (Å²) in [5.41, 5.74) is 1.22. The molecule has 17 heavy (non-hydrogen) atoms. The maximum absolute atomic E-state index is 11.2. The van der Waals surface area contributed by atoms with Crippen LogP contribution in [0.5, 0.6) is 5.75 Å². The van der Waals surface area contributed by atoms with E-state index in [4.69, 9.17) is 4.74 Å². The molecule has 0 aliphatic heterocycles. The van der Waals surface area contributed by atoms with E-state index in [1.165, 1.54) is 14.0 Å². The molecule has 5 heteroatoms. The molecule has 1 aromatic rings. The highest BCUT2D eigenvalue weighted by atomic mass is 16.5. The van der Waals surface area contributed by atoms with Gasteiger partial charge in [0.15, 0.2) is 0 Å². The van der Waals surface area contributed by atoms with Gasteiger partial charge in [-0.05, 0) is 12.1 Å². The van der Waals surface area contributed by atoms with Crippen LogP contribution in [-0.2, 0) is 9.59 Å². The van der Waals surface area contributed by atoms with Gasteiger partial charge in [-0.25, -0.2) is 0 Å². The number of hydrogen-bond acceptors (Lipinski definition) is 3. The predicted molar refractivity (Wildman–Crippen MR) is 66.2 cm³/mol. The predicted octanol–water partition coefficient (Wildman–Crippen LogP) is 2.00. The molecular formula is C12H16N2O3. The summed E-state index contributed by atoms with van der Waals surface area (Å²) in [6.07, 6.45) is 0.412. The second kappa shape index (κ2) is 5.89. The lowest BCUT2D eigenvalue weighted by Gasteiger charge is -2.11. The third kappa shape index (κ3) is 3.79. The minimum absolute atomic E-state index is 0.0701. The Kier molecular flexibility index (Phi) is 4.51. The summed E-state index contributed by atoms with van der Waals surface area (Å²) in [6, 6.07) is 5.06. The summed E-state index contributed by atoms with van der Waals surface area (Å²) in [7, 11) is 1.51. The Morgan fingerprint density at radius 3 is 2.53 bits per heavy atom. The first kappa shape index (κ1) is 13.0. The Morgan fingerprint density at radius 2 is 2.00 bits per heavy atom. The van der Waals surface area contributed by atoms with Gasteiger partial charge in [-0.15, -0.1) is 0 Å². The molecule has 0 saturated carbocycles. The van der Waals surface area contributed by atoms with Crippen molar-refractivity contribution in [1.82, 2.24) is 0 Å². The Morgan fingerprint density at radius 1 is 1.29 bits per heavy atom. The largest absolute Gasteiger partial charge is 0.494 e. The molecule has 2 amide bonds. The first-order valence-electron chi connectivity index (χ1n) is 5.32. The standard InChI is InChI=1S/C12H16N2O3/c1-4-12(16)14-9-5-6-10(13-8(2)15)11(7-9)17-3/h5-7H,4H2,1-3H3,(H,13,15)(H,14,16). The van der Waals surface area contributed by atoms with Crippen molar-refractivity contribution in [2.75, 3.05) is 17.7 Å². The zero-order valence-corrected chi connectivity index (χ0v) is 10.2. The third-order valence-corrected chi connectivity index (χ3v) is 2.12. The summed E-state index contributed by atoms with van der Waals surface area (Å²) >= 11 is 0. The number of amides is 2. The van der Waals surface area contributed by atoms with E-state index in [1.54, 1.807) is 25.1 Å². The Labute approximate surface area is 100 Å². The van der Waals surface area contributed by atoms with Crippen molar-refractivity contribution >= 4 is 23.2 Å². The Bertz CT molecular complexity index is 430. The Hall–Kier alpha value is -2.04. The molecule has 92 valence electrons. The van der Waals surface area contributed by atoms with Crippen molar-refractivity contribution in [1.29, 1.82) is 0 Å². The van der Waals surface area contributed by atoms with Crippen molar-refractivity contribution in [2.24, 2.45) is 0 Å². The zero-order valence-electron chi connectivity index (χ0n) is 10.2. The van der Waals surface area contributed by atoms with E-state index in [-0.39, 0.29) is 11.8 Å². The van der Waals surface area contributed by atoms with E-state index in [2.05, 4.69) is 10.6 Å². The Balaban J connectivity index is 2.91. The van der Waals surface area contributed by atoms with Gasteiger partial charge < -0.3 is 15.4 Å². The summed E-state index contributed by atoms with van der Waals surface area (Å²) < 4.78 is 5.14. The molecule has 0 aromatic heterocycles. The van der Waals surface area contributed by atoms with E-state index < -0.39 is 0 Å². The summed E-state index contributed by atoms with van der Waals surface area (Å²) in [4.78, 5) is 22.2. The van der Waals surface area contributed by atoms with Gasteiger partial charge in [0.25, 0.3) is 0 Å². The molecule has 1 rings (SSSR count). The van der Waals surface area contributed by atoms with E-state index in [0.29, 0.717) is 23.5 Å². The monoisotopic (exact) mass is 236 g/mol. The van der Waals surface area contributed by atoms with Gasteiger partial charge in [-0.1, -0.05) is 6.92 Å². The third-order valence-electron chi connectivity index (χ3n) is 2.12. The van der Waals surface area contributed by atoms with Crippen LogP contribution in [0.1, 0.15) is 20.3 Å². The quantitative estimate of drug-likeness (QED) is 0.840. The van der Waals surface area contributed by atoms with E-state index in [0.717, 1.165) is 0 Å². The molecule has 0 radical (unpaired) electrons. The fraction of sp³-hybridized carbons (Fsp3) is 0.333. The molecule has 0 bridgehead atoms. The highest BCUT2D eigenvalue weighted by molar-refractivity contribution is 5.93. The second-order valence-corrected chi connectivity index (χ2v) is 3.50. The van der Waals surface area contributed by atoms with Crippen LogP contribution in [0.2, 0.25) is 0 Å². The number of carbonyl (C=O) groups excluding carboxylic acids is 2. The molecule has 1 aromatic carbocycles. The first-order valence-corrected chi connectivity index (χ1v) is 5.32. The summed E-state index contributed by atoms with van der Waals surface area (Å²) in [5, 5.41) is 5.36. The van der Waals surface area contributed by atoms with Crippen LogP contribution < -0.4 is 15.4 Å². The van der Waals surface area contributed by atoms with Gasteiger partial charge in [0.05, 0.1) is 12.8 Å². The lowest BCUT2D eigenvalue weighted by molar-refractivity contribution is -0.116. The second-order valence-electron chi connectivity index (χ2n) is 3.50. The number of hydrogen-bond donors (Lipinski definition) is 2. The average molecular weight is 236 g/mol. The first-order chi connectivity index (χ1) is 8.06. The van der Waals surface area contributed by atoms with Gasteiger partial charge >= 0.3 is 0 Å². The minimum Gasteiger partial charge on any atom is -0.494 e. The van der Waals surface area contributed by atoms with Crippen molar-refractivity contribution in [2.45, 2.75) is 20.3 Å². The molecule has 5 nitrogen and oxygen atoms in total. The molecule has 2 N–H and O–H groups in total. The fourth-order valence-corrected chi connectivity index (χ4v) is 1.31. The molecule has 0 atom stereocenters. The fourth-order valence-electron chi connectivity index (χ4n) is 1.31. The van der Waals surface area contributed by atoms with Crippen LogP contribution in [0, 0.1) is 0 Å². The molecule has 0 unspecified atom stereocenters. The van der Waals surface area contributed by atoms with Crippen LogP contribution in [0.3, 0.4) is 0 Å². The number of nitrogens with one attached hydrogen (secondary N) is 2. The minimum atomic E-state index is -0.173. The lowest BCUT2D eigenvalue weighted by atomic mass is 10.2. The molecule has 0 aliphatic carbocycles. The summed E-state index contributed by atoms with van der Waals surface area (Å²) in [6.45, 7) is 3.20. The van der Waals surface area contributed by atoms with Crippen LogP contribution in [-0.4, -0.2) is 18.9 Å². The highest BCUT2D eigenvalue weighted by Crippen LogP contribution is 2.27. The molecule has 0 aliphatic rings.